The van der Waals surface area contributed by atoms with Crippen molar-refractivity contribution in [3.63, 3.8) is 0 Å². The summed E-state index contributed by atoms with van der Waals surface area (Å²) in [6.07, 6.45) is -0.978. The van der Waals surface area contributed by atoms with Gasteiger partial charge in [-0.2, -0.15) is 0 Å². The first-order valence-electron chi connectivity index (χ1n) is 17.2. The van der Waals surface area contributed by atoms with Crippen molar-refractivity contribution in [2.45, 2.75) is 34.0 Å². The third-order valence-corrected chi connectivity index (χ3v) is 7.51. The van der Waals surface area contributed by atoms with E-state index in [1.165, 1.54) is 11.3 Å². The molecule has 3 heterocycles. The highest BCUT2D eigenvalue weighted by atomic mass is 32.1. The number of H-pyrrole nitrogens is 1. The molecule has 1 aliphatic rings. The molecule has 206 valence electrons. The van der Waals surface area contributed by atoms with E-state index in [1.807, 2.05) is 53.9 Å². The van der Waals surface area contributed by atoms with Crippen LogP contribution in [0.3, 0.4) is 0 Å². The number of hydrogen-bond donors (Lipinski definition) is 3. The number of thiazole rings is 1. The van der Waals surface area contributed by atoms with E-state index >= 15 is 0 Å². The lowest BCUT2D eigenvalue weighted by Gasteiger charge is -2.19. The van der Waals surface area contributed by atoms with Gasteiger partial charge in [0.15, 0.2) is 0 Å². The SMILES string of the molecule is [2H]C([2H])([2H])C([2H])([2H])N(CCNC(=O)c1c(C)[nH]c(/C=C2\C(=O)Nc3ccc(-c4csc(-c5ccccc5)n4)cc32)c1C)C([2H])([2H])C([2H])([2H])C. The smallest absolute Gasteiger partial charge is 0.256 e. The van der Waals surface area contributed by atoms with E-state index in [0.29, 0.717) is 38.7 Å². The van der Waals surface area contributed by atoms with Crippen molar-refractivity contribution in [2.75, 3.05) is 31.4 Å². The predicted molar refractivity (Wildman–Crippen MR) is 164 cm³/mol. The monoisotopic (exact) mass is 562 g/mol. The Labute approximate surface area is 252 Å². The quantitative estimate of drug-likeness (QED) is 0.196. The van der Waals surface area contributed by atoms with E-state index in [1.54, 1.807) is 19.9 Å². The first-order valence-corrected chi connectivity index (χ1v) is 13.6. The highest BCUT2D eigenvalue weighted by Gasteiger charge is 2.26. The Morgan fingerprint density at radius 1 is 1.20 bits per heavy atom. The molecular weight excluding hydrogens is 518 g/mol. The van der Waals surface area contributed by atoms with Crippen molar-refractivity contribution in [3.05, 3.63) is 82.0 Å². The number of nitrogens with zero attached hydrogens (tertiary/aromatic N) is 2. The number of benzene rings is 2. The van der Waals surface area contributed by atoms with Crippen LogP contribution >= 0.6 is 11.3 Å². The summed E-state index contributed by atoms with van der Waals surface area (Å²) in [5.41, 5.74) is 6.02. The Bertz CT molecular complexity index is 1900. The van der Waals surface area contributed by atoms with Gasteiger partial charge in [0.1, 0.15) is 5.01 Å². The zero-order chi connectivity index (χ0) is 36.1. The summed E-state index contributed by atoms with van der Waals surface area (Å²) in [4.78, 5) is 34.7. The minimum atomic E-state index is -3.30. The van der Waals surface area contributed by atoms with Gasteiger partial charge < -0.3 is 20.5 Å². The van der Waals surface area contributed by atoms with Gasteiger partial charge in [-0.1, -0.05) is 50.2 Å². The number of amides is 2. The molecule has 8 heteroatoms. The summed E-state index contributed by atoms with van der Waals surface area (Å²) in [5.74, 6) is -0.914. The predicted octanol–water partition coefficient (Wildman–Crippen LogP) is 6.38. The van der Waals surface area contributed by atoms with Crippen LogP contribution < -0.4 is 10.6 Å². The fourth-order valence-electron chi connectivity index (χ4n) is 4.66. The third kappa shape index (κ3) is 5.64. The van der Waals surface area contributed by atoms with Gasteiger partial charge in [0.2, 0.25) is 0 Å². The van der Waals surface area contributed by atoms with E-state index < -0.39 is 38.7 Å². The molecule has 2 amide bonds. The lowest BCUT2D eigenvalue weighted by molar-refractivity contribution is -0.110. The second-order valence-corrected chi connectivity index (χ2v) is 10.1. The third-order valence-electron chi connectivity index (χ3n) is 6.62. The molecule has 40 heavy (non-hydrogen) atoms. The molecule has 2 aromatic heterocycles. The zero-order valence-electron chi connectivity index (χ0n) is 31.3. The number of likely N-dealkylation sites (N-methyl/N-ethyl adjacent to an activating group) is 1. The molecule has 0 bridgehead atoms. The van der Waals surface area contributed by atoms with E-state index in [4.69, 9.17) is 17.3 Å². The van der Waals surface area contributed by atoms with Crippen LogP contribution in [0.25, 0.3) is 33.5 Å². The lowest BCUT2D eigenvalue weighted by atomic mass is 10.0. The molecule has 0 atom stereocenters. The molecule has 3 N–H and O–H groups in total. The Hall–Kier alpha value is -4.01. The number of hydrogen-bond acceptors (Lipinski definition) is 5. The van der Waals surface area contributed by atoms with E-state index in [-0.39, 0.29) is 18.0 Å². The number of aromatic amines is 1. The molecule has 0 spiro atoms. The summed E-state index contributed by atoms with van der Waals surface area (Å²) in [5, 5.41) is 8.29. The topological polar surface area (TPSA) is 90.1 Å². The highest BCUT2D eigenvalue weighted by Crippen LogP contribution is 2.38. The fraction of sp³-hybridized carbons (Fsp3) is 0.281. The van der Waals surface area contributed by atoms with Crippen LogP contribution in [0.5, 0.6) is 0 Å². The number of fused-ring (bicyclic) bond motifs is 1. The standard InChI is InChI=1S/C32H35N5O2S/c1-5-15-37(6-2)16-14-33-31(39)29-20(3)27(34-21(29)4)18-25-24-17-23(12-13-26(24)35-30(25)38)28-19-40-32(36-28)22-10-8-7-9-11-22/h7-13,17-19,34H,5-6,14-16H2,1-4H3,(H,33,39)(H,35,38)/b25-18-/i2D3,5D2,6D2,15D2. The maximum Gasteiger partial charge on any atom is 0.256 e. The van der Waals surface area contributed by atoms with Crippen LogP contribution in [-0.4, -0.2) is 52.8 Å². The molecule has 0 aliphatic carbocycles. The summed E-state index contributed by atoms with van der Waals surface area (Å²) in [7, 11) is 0. The molecule has 0 saturated carbocycles. The van der Waals surface area contributed by atoms with Crippen molar-refractivity contribution in [2.24, 2.45) is 0 Å². The van der Waals surface area contributed by atoms with Crippen LogP contribution in [0.2, 0.25) is 0 Å². The Morgan fingerprint density at radius 3 is 2.80 bits per heavy atom. The minimum absolute atomic E-state index is 0.245. The van der Waals surface area contributed by atoms with Crippen LogP contribution in [0.1, 0.15) is 65.4 Å². The van der Waals surface area contributed by atoms with Crippen molar-refractivity contribution in [1.82, 2.24) is 20.2 Å². The lowest BCUT2D eigenvalue weighted by Crippen LogP contribution is -2.35. The highest BCUT2D eigenvalue weighted by molar-refractivity contribution is 7.13. The van der Waals surface area contributed by atoms with Crippen molar-refractivity contribution in [1.29, 1.82) is 0 Å². The number of nitrogens with one attached hydrogen (secondary N) is 3. The molecule has 7 nitrogen and oxygen atoms in total. The molecular formula is C32H35N5O2S. The van der Waals surface area contributed by atoms with E-state index in [9.17, 15) is 9.59 Å². The van der Waals surface area contributed by atoms with Gasteiger partial charge in [-0.25, -0.2) is 4.98 Å². The van der Waals surface area contributed by atoms with Gasteiger partial charge in [-0.05, 0) is 57.0 Å². The molecule has 0 radical (unpaired) electrons. The van der Waals surface area contributed by atoms with Gasteiger partial charge in [0.05, 0.1) is 16.8 Å². The number of rotatable bonds is 10. The van der Waals surface area contributed by atoms with Crippen molar-refractivity contribution < 1.29 is 21.9 Å². The summed E-state index contributed by atoms with van der Waals surface area (Å²) < 4.78 is 71.3. The zero-order valence-corrected chi connectivity index (χ0v) is 23.1. The fourth-order valence-corrected chi connectivity index (χ4v) is 5.49. The van der Waals surface area contributed by atoms with Gasteiger partial charge in [0, 0.05) is 64.6 Å². The number of carbonyl (C=O) groups is 2. The van der Waals surface area contributed by atoms with Crippen molar-refractivity contribution in [3.8, 4) is 21.8 Å². The second-order valence-electron chi connectivity index (χ2n) is 9.22. The van der Waals surface area contributed by atoms with E-state index in [2.05, 4.69) is 15.6 Å². The molecule has 5 rings (SSSR count). The Morgan fingerprint density at radius 2 is 2.02 bits per heavy atom. The van der Waals surface area contributed by atoms with Crippen LogP contribution in [0.4, 0.5) is 5.69 Å². The summed E-state index contributed by atoms with van der Waals surface area (Å²) >= 11 is 1.52. The number of aryl methyl sites for hydroxylation is 1. The number of aromatic nitrogens is 2. The Kier molecular flexibility index (Phi) is 5.52. The average Bonchev–Trinajstić information content (AvgIpc) is 3.70. The van der Waals surface area contributed by atoms with Crippen LogP contribution in [0, 0.1) is 13.8 Å². The minimum Gasteiger partial charge on any atom is -0.358 e. The van der Waals surface area contributed by atoms with Gasteiger partial charge in [0.25, 0.3) is 11.8 Å². The van der Waals surface area contributed by atoms with E-state index in [0.717, 1.165) is 28.8 Å². The summed E-state index contributed by atoms with van der Waals surface area (Å²) in [6, 6.07) is 15.4. The van der Waals surface area contributed by atoms with Gasteiger partial charge >= 0.3 is 0 Å². The number of anilines is 1. The number of carbonyl (C=O) groups excluding carboxylic acids is 2. The van der Waals surface area contributed by atoms with Crippen LogP contribution in [-0.2, 0) is 4.79 Å². The maximum absolute atomic E-state index is 13.4. The molecule has 1 aliphatic heterocycles. The first-order chi connectivity index (χ1) is 22.7. The summed E-state index contributed by atoms with van der Waals surface area (Å²) in [6.45, 7) is -6.35. The molecule has 2 aromatic carbocycles. The normalized spacial score (nSPS) is 18.4. The molecule has 0 fully saturated rings. The molecule has 0 saturated heterocycles. The van der Waals surface area contributed by atoms with Crippen LogP contribution in [0.15, 0.2) is 53.9 Å². The van der Waals surface area contributed by atoms with Gasteiger partial charge in [-0.15, -0.1) is 11.3 Å². The largest absolute Gasteiger partial charge is 0.358 e. The molecule has 4 aromatic rings. The first kappa shape index (κ1) is 18.4. The molecule has 0 unspecified atom stereocenters. The maximum atomic E-state index is 13.4. The van der Waals surface area contributed by atoms with Crippen molar-refractivity contribution >= 4 is 40.5 Å². The Balaban J connectivity index is 1.38. The van der Waals surface area contributed by atoms with Gasteiger partial charge in [-0.3, -0.25) is 9.59 Å². The average molecular weight is 563 g/mol. The second kappa shape index (κ2) is 12.0.